The molecule has 3 aromatic rings. The SMILES string of the molecule is Cc1c(Cl)cccc1Nc1nc(N)nc(CN2CCN(c3ccccc3)CC2)n1. The van der Waals surface area contributed by atoms with Crippen molar-refractivity contribution < 1.29 is 0 Å². The zero-order valence-corrected chi connectivity index (χ0v) is 17.1. The molecule has 0 atom stereocenters. The minimum atomic E-state index is 0.208. The van der Waals surface area contributed by atoms with Gasteiger partial charge in [0.15, 0.2) is 0 Å². The molecule has 150 valence electrons. The van der Waals surface area contributed by atoms with Crippen molar-refractivity contribution in [2.24, 2.45) is 0 Å². The van der Waals surface area contributed by atoms with Crippen molar-refractivity contribution >= 4 is 34.9 Å². The molecular weight excluding hydrogens is 386 g/mol. The van der Waals surface area contributed by atoms with Crippen LogP contribution >= 0.6 is 11.6 Å². The molecule has 2 heterocycles. The number of para-hydroxylation sites is 1. The summed E-state index contributed by atoms with van der Waals surface area (Å²) in [4.78, 5) is 17.8. The molecule has 1 aromatic heterocycles. The molecule has 2 aromatic carbocycles. The van der Waals surface area contributed by atoms with E-state index >= 15 is 0 Å². The van der Waals surface area contributed by atoms with Gasteiger partial charge in [0.25, 0.3) is 0 Å². The number of hydrogen-bond donors (Lipinski definition) is 2. The van der Waals surface area contributed by atoms with E-state index < -0.39 is 0 Å². The minimum absolute atomic E-state index is 0.208. The third-order valence-corrected chi connectivity index (χ3v) is 5.48. The monoisotopic (exact) mass is 409 g/mol. The zero-order valence-electron chi connectivity index (χ0n) is 16.3. The number of nitrogen functional groups attached to an aromatic ring is 1. The van der Waals surface area contributed by atoms with Gasteiger partial charge in [-0.05, 0) is 36.8 Å². The third-order valence-electron chi connectivity index (χ3n) is 5.07. The van der Waals surface area contributed by atoms with E-state index in [1.54, 1.807) is 0 Å². The highest BCUT2D eigenvalue weighted by atomic mass is 35.5. The molecule has 7 nitrogen and oxygen atoms in total. The summed E-state index contributed by atoms with van der Waals surface area (Å²) in [6, 6.07) is 16.2. The van der Waals surface area contributed by atoms with E-state index in [1.165, 1.54) is 5.69 Å². The van der Waals surface area contributed by atoms with Crippen LogP contribution in [0.2, 0.25) is 5.02 Å². The van der Waals surface area contributed by atoms with Gasteiger partial charge >= 0.3 is 0 Å². The van der Waals surface area contributed by atoms with Crippen LogP contribution in [0.1, 0.15) is 11.4 Å². The van der Waals surface area contributed by atoms with Crippen LogP contribution in [0, 0.1) is 6.92 Å². The largest absolute Gasteiger partial charge is 0.369 e. The Labute approximate surface area is 175 Å². The van der Waals surface area contributed by atoms with Crippen molar-refractivity contribution in [1.82, 2.24) is 19.9 Å². The van der Waals surface area contributed by atoms with E-state index in [2.05, 4.69) is 54.3 Å². The van der Waals surface area contributed by atoms with Gasteiger partial charge in [0.1, 0.15) is 5.82 Å². The lowest BCUT2D eigenvalue weighted by molar-refractivity contribution is 0.244. The van der Waals surface area contributed by atoms with E-state index in [0.717, 1.165) is 37.4 Å². The molecular formula is C21H24ClN7. The number of nitrogens with zero attached hydrogens (tertiary/aromatic N) is 5. The molecule has 3 N–H and O–H groups in total. The van der Waals surface area contributed by atoms with Crippen molar-refractivity contribution in [2.45, 2.75) is 13.5 Å². The number of anilines is 4. The van der Waals surface area contributed by atoms with Crippen LogP contribution in [0.15, 0.2) is 48.5 Å². The van der Waals surface area contributed by atoms with Crippen molar-refractivity contribution in [2.75, 3.05) is 42.1 Å². The van der Waals surface area contributed by atoms with E-state index in [4.69, 9.17) is 17.3 Å². The Kier molecular flexibility index (Phi) is 5.78. The smallest absolute Gasteiger partial charge is 0.232 e. The van der Waals surface area contributed by atoms with Crippen LogP contribution in [-0.4, -0.2) is 46.0 Å². The fourth-order valence-corrected chi connectivity index (χ4v) is 3.61. The van der Waals surface area contributed by atoms with Gasteiger partial charge in [0.05, 0.1) is 6.54 Å². The lowest BCUT2D eigenvalue weighted by atomic mass is 10.2. The van der Waals surface area contributed by atoms with Gasteiger partial charge in [-0.1, -0.05) is 35.9 Å². The number of nitrogens with two attached hydrogens (primary N) is 1. The lowest BCUT2D eigenvalue weighted by Crippen LogP contribution is -2.46. The average Bonchev–Trinajstić information content (AvgIpc) is 2.72. The molecule has 1 aliphatic rings. The summed E-state index contributed by atoms with van der Waals surface area (Å²) in [5, 5.41) is 3.90. The van der Waals surface area contributed by atoms with Gasteiger partial charge < -0.3 is 16.0 Å². The maximum atomic E-state index is 6.20. The summed E-state index contributed by atoms with van der Waals surface area (Å²) in [6.07, 6.45) is 0. The fourth-order valence-electron chi connectivity index (χ4n) is 3.43. The summed E-state index contributed by atoms with van der Waals surface area (Å²) in [5.41, 5.74) is 8.98. The first-order valence-corrected chi connectivity index (χ1v) is 10.0. The quantitative estimate of drug-likeness (QED) is 0.667. The standard InChI is InChI=1S/C21H24ClN7/c1-15-17(22)8-5-9-18(15)24-21-26-19(25-20(23)27-21)14-28-10-12-29(13-11-28)16-6-3-2-4-7-16/h2-9H,10-14H2,1H3,(H3,23,24,25,26,27). The Morgan fingerprint density at radius 3 is 2.48 bits per heavy atom. The Morgan fingerprint density at radius 2 is 1.72 bits per heavy atom. The molecule has 1 aliphatic heterocycles. The summed E-state index contributed by atoms with van der Waals surface area (Å²) >= 11 is 6.20. The molecule has 0 spiro atoms. The Balaban J connectivity index is 1.41. The number of aromatic nitrogens is 3. The van der Waals surface area contributed by atoms with Gasteiger partial charge in [0.2, 0.25) is 11.9 Å². The summed E-state index contributed by atoms with van der Waals surface area (Å²) < 4.78 is 0. The molecule has 0 aliphatic carbocycles. The van der Waals surface area contributed by atoms with Gasteiger partial charge in [-0.2, -0.15) is 15.0 Å². The maximum Gasteiger partial charge on any atom is 0.232 e. The van der Waals surface area contributed by atoms with Crippen LogP contribution in [0.4, 0.5) is 23.3 Å². The zero-order chi connectivity index (χ0) is 20.2. The molecule has 0 amide bonds. The lowest BCUT2D eigenvalue weighted by Gasteiger charge is -2.35. The van der Waals surface area contributed by atoms with Gasteiger partial charge in [-0.15, -0.1) is 0 Å². The van der Waals surface area contributed by atoms with Crippen molar-refractivity contribution in [3.63, 3.8) is 0 Å². The fraction of sp³-hybridized carbons (Fsp3) is 0.286. The van der Waals surface area contributed by atoms with E-state index in [9.17, 15) is 0 Å². The normalized spacial score (nSPS) is 14.8. The highest BCUT2D eigenvalue weighted by molar-refractivity contribution is 6.31. The minimum Gasteiger partial charge on any atom is -0.369 e. The van der Waals surface area contributed by atoms with Crippen LogP contribution in [0.3, 0.4) is 0 Å². The van der Waals surface area contributed by atoms with Crippen LogP contribution in [0.25, 0.3) is 0 Å². The molecule has 0 unspecified atom stereocenters. The number of nitrogens with one attached hydrogen (secondary N) is 1. The summed E-state index contributed by atoms with van der Waals surface area (Å²) in [5.74, 6) is 1.30. The number of hydrogen-bond acceptors (Lipinski definition) is 7. The van der Waals surface area contributed by atoms with Crippen molar-refractivity contribution in [3.05, 3.63) is 64.9 Å². The van der Waals surface area contributed by atoms with E-state index in [-0.39, 0.29) is 5.95 Å². The van der Waals surface area contributed by atoms with Crippen LogP contribution < -0.4 is 16.0 Å². The second-order valence-electron chi connectivity index (χ2n) is 7.07. The van der Waals surface area contributed by atoms with Gasteiger partial charge in [0, 0.05) is 42.6 Å². The molecule has 0 radical (unpaired) electrons. The second-order valence-corrected chi connectivity index (χ2v) is 7.48. The maximum absolute atomic E-state index is 6.20. The summed E-state index contributed by atoms with van der Waals surface area (Å²) in [6.45, 7) is 6.41. The Hall–Kier alpha value is -2.90. The molecule has 0 saturated carbocycles. The van der Waals surface area contributed by atoms with E-state index in [1.807, 2.05) is 31.2 Å². The summed E-state index contributed by atoms with van der Waals surface area (Å²) in [7, 11) is 0. The predicted octanol–water partition coefficient (Wildman–Crippen LogP) is 3.48. The first-order chi connectivity index (χ1) is 14.1. The highest BCUT2D eigenvalue weighted by Crippen LogP contribution is 2.25. The molecule has 1 saturated heterocycles. The number of benzene rings is 2. The topological polar surface area (TPSA) is 83.2 Å². The first-order valence-electron chi connectivity index (χ1n) is 9.63. The van der Waals surface area contributed by atoms with Gasteiger partial charge in [-0.3, -0.25) is 4.90 Å². The highest BCUT2D eigenvalue weighted by Gasteiger charge is 2.19. The average molecular weight is 410 g/mol. The van der Waals surface area contributed by atoms with E-state index in [0.29, 0.717) is 23.3 Å². The van der Waals surface area contributed by atoms with Crippen LogP contribution in [-0.2, 0) is 6.54 Å². The van der Waals surface area contributed by atoms with Crippen molar-refractivity contribution in [1.29, 1.82) is 0 Å². The molecule has 0 bridgehead atoms. The van der Waals surface area contributed by atoms with Crippen molar-refractivity contribution in [3.8, 4) is 0 Å². The predicted molar refractivity (Wildman–Crippen MR) is 118 cm³/mol. The molecule has 29 heavy (non-hydrogen) atoms. The van der Waals surface area contributed by atoms with Crippen LogP contribution in [0.5, 0.6) is 0 Å². The number of halogens is 1. The molecule has 4 rings (SSSR count). The Bertz CT molecular complexity index is 972. The number of rotatable bonds is 5. The van der Waals surface area contributed by atoms with Gasteiger partial charge in [-0.25, -0.2) is 0 Å². The molecule has 8 heteroatoms. The molecule has 1 fully saturated rings. The Morgan fingerprint density at radius 1 is 0.966 bits per heavy atom. The number of piperazine rings is 1. The first kappa shape index (κ1) is 19.4. The second kappa shape index (κ2) is 8.63. The third kappa shape index (κ3) is 4.75.